The molecule has 1 atom stereocenters. The molecule has 2 fully saturated rings. The number of amides is 2. The van der Waals surface area contributed by atoms with Crippen LogP contribution in [0.3, 0.4) is 0 Å². The number of nitrogens with zero attached hydrogens (tertiary/aromatic N) is 1. The second kappa shape index (κ2) is 7.38. The molecule has 2 rings (SSSR count). The molecule has 1 saturated heterocycles. The average Bonchev–Trinajstić information content (AvgIpc) is 2.77. The first-order valence-corrected chi connectivity index (χ1v) is 8.82. The Balaban J connectivity index is 1.92. The Bertz CT molecular complexity index is 434. The van der Waals surface area contributed by atoms with E-state index in [2.05, 4.69) is 13.8 Å². The number of likely N-dealkylation sites (tertiary alicyclic amines) is 1. The van der Waals surface area contributed by atoms with Gasteiger partial charge in [-0.15, -0.1) is 0 Å². The number of rotatable bonds is 6. The van der Waals surface area contributed by atoms with Crippen molar-refractivity contribution in [3.05, 3.63) is 0 Å². The summed E-state index contributed by atoms with van der Waals surface area (Å²) in [5, 5.41) is 0. The summed E-state index contributed by atoms with van der Waals surface area (Å²) in [6.07, 6.45) is 6.04. The predicted octanol–water partition coefficient (Wildman–Crippen LogP) is 3.19. The van der Waals surface area contributed by atoms with Crippen LogP contribution in [0, 0.1) is 23.7 Å². The highest BCUT2D eigenvalue weighted by Gasteiger charge is 2.42. The van der Waals surface area contributed by atoms with Crippen LogP contribution in [-0.4, -0.2) is 29.0 Å². The monoisotopic (exact) mass is 307 g/mol. The van der Waals surface area contributed by atoms with Crippen LogP contribution in [-0.2, 0) is 14.4 Å². The summed E-state index contributed by atoms with van der Waals surface area (Å²) < 4.78 is 0. The van der Waals surface area contributed by atoms with Crippen LogP contribution in [0.4, 0.5) is 0 Å². The van der Waals surface area contributed by atoms with Crippen molar-refractivity contribution < 1.29 is 14.4 Å². The second-order valence-corrected chi connectivity index (χ2v) is 7.06. The first kappa shape index (κ1) is 17.2. The van der Waals surface area contributed by atoms with Gasteiger partial charge in [0, 0.05) is 18.9 Å². The van der Waals surface area contributed by atoms with E-state index in [1.807, 2.05) is 0 Å². The maximum Gasteiger partial charge on any atom is 0.233 e. The number of hydrogen-bond acceptors (Lipinski definition) is 3. The van der Waals surface area contributed by atoms with Crippen LogP contribution in [0.25, 0.3) is 0 Å². The topological polar surface area (TPSA) is 54.5 Å². The molecule has 4 nitrogen and oxygen atoms in total. The third-order valence-corrected chi connectivity index (χ3v) is 5.76. The van der Waals surface area contributed by atoms with Crippen LogP contribution in [0.2, 0.25) is 0 Å². The standard InChI is InChI=1S/C18H29NO3/c1-4-14(5-2)16-10-17(21)19(18(16)22)11-13-6-8-15(9-7-13)12(3)20/h13-16H,4-11H2,1-3H3. The van der Waals surface area contributed by atoms with E-state index in [4.69, 9.17) is 0 Å². The highest BCUT2D eigenvalue weighted by molar-refractivity contribution is 6.03. The van der Waals surface area contributed by atoms with Gasteiger partial charge in [0.05, 0.1) is 5.92 Å². The maximum absolute atomic E-state index is 12.6. The minimum atomic E-state index is -0.101. The lowest BCUT2D eigenvalue weighted by atomic mass is 9.80. The van der Waals surface area contributed by atoms with Crippen molar-refractivity contribution >= 4 is 17.6 Å². The SMILES string of the molecule is CCC(CC)C1CC(=O)N(CC2CCC(C(C)=O)CC2)C1=O. The molecule has 2 amide bonds. The molecule has 4 heteroatoms. The van der Waals surface area contributed by atoms with Crippen molar-refractivity contribution in [1.29, 1.82) is 0 Å². The summed E-state index contributed by atoms with van der Waals surface area (Å²) in [6, 6.07) is 0. The number of ketones is 1. The molecule has 1 unspecified atom stereocenters. The Morgan fingerprint density at radius 1 is 1.14 bits per heavy atom. The van der Waals surface area contributed by atoms with Gasteiger partial charge >= 0.3 is 0 Å². The van der Waals surface area contributed by atoms with Gasteiger partial charge < -0.3 is 0 Å². The maximum atomic E-state index is 12.6. The summed E-state index contributed by atoms with van der Waals surface area (Å²) in [5.41, 5.74) is 0. The van der Waals surface area contributed by atoms with E-state index in [0.29, 0.717) is 24.8 Å². The van der Waals surface area contributed by atoms with Crippen molar-refractivity contribution in [3.63, 3.8) is 0 Å². The lowest BCUT2D eigenvalue weighted by Gasteiger charge is -2.30. The minimum absolute atomic E-state index is 0.00981. The molecule has 0 aromatic heterocycles. The predicted molar refractivity (Wildman–Crippen MR) is 85.0 cm³/mol. The van der Waals surface area contributed by atoms with E-state index in [1.165, 1.54) is 4.90 Å². The molecular weight excluding hydrogens is 278 g/mol. The van der Waals surface area contributed by atoms with E-state index in [9.17, 15) is 14.4 Å². The zero-order chi connectivity index (χ0) is 16.3. The summed E-state index contributed by atoms with van der Waals surface area (Å²) >= 11 is 0. The first-order chi connectivity index (χ1) is 10.5. The Hall–Kier alpha value is -1.19. The molecule has 1 heterocycles. The van der Waals surface area contributed by atoms with Gasteiger partial charge in [0.1, 0.15) is 5.78 Å². The van der Waals surface area contributed by atoms with E-state index >= 15 is 0 Å². The van der Waals surface area contributed by atoms with Gasteiger partial charge in [0.25, 0.3) is 0 Å². The third-order valence-electron chi connectivity index (χ3n) is 5.76. The summed E-state index contributed by atoms with van der Waals surface area (Å²) in [7, 11) is 0. The van der Waals surface area contributed by atoms with Gasteiger partial charge in [0.2, 0.25) is 11.8 Å². The zero-order valence-corrected chi connectivity index (χ0v) is 14.1. The summed E-state index contributed by atoms with van der Waals surface area (Å²) in [4.78, 5) is 37.7. The normalized spacial score (nSPS) is 29.5. The fraction of sp³-hybridized carbons (Fsp3) is 0.833. The van der Waals surface area contributed by atoms with Crippen molar-refractivity contribution in [2.45, 2.75) is 65.7 Å². The smallest absolute Gasteiger partial charge is 0.233 e. The summed E-state index contributed by atoms with van der Waals surface area (Å²) in [6.45, 7) is 6.42. The fourth-order valence-electron chi connectivity index (χ4n) is 4.14. The number of Topliss-reactive ketones (excluding diaryl/α,β-unsaturated/α-hetero) is 1. The Kier molecular flexibility index (Phi) is 5.76. The number of carbonyl (C=O) groups is 3. The molecule has 2 aliphatic rings. The van der Waals surface area contributed by atoms with Crippen molar-refractivity contribution in [2.24, 2.45) is 23.7 Å². The molecular formula is C18H29NO3. The molecule has 1 aliphatic carbocycles. The lowest BCUT2D eigenvalue weighted by molar-refractivity contribution is -0.141. The average molecular weight is 307 g/mol. The fourth-order valence-corrected chi connectivity index (χ4v) is 4.14. The molecule has 124 valence electrons. The van der Waals surface area contributed by atoms with Gasteiger partial charge in [-0.3, -0.25) is 19.3 Å². The minimum Gasteiger partial charge on any atom is -0.300 e. The highest BCUT2D eigenvalue weighted by atomic mass is 16.2. The van der Waals surface area contributed by atoms with Crippen LogP contribution < -0.4 is 0 Å². The van der Waals surface area contributed by atoms with Crippen LogP contribution in [0.1, 0.15) is 65.7 Å². The van der Waals surface area contributed by atoms with E-state index in [-0.39, 0.29) is 29.4 Å². The summed E-state index contributed by atoms with van der Waals surface area (Å²) in [5.74, 6) is 1.14. The third kappa shape index (κ3) is 3.58. The van der Waals surface area contributed by atoms with Crippen LogP contribution in [0.15, 0.2) is 0 Å². The highest BCUT2D eigenvalue weighted by Crippen LogP contribution is 2.34. The number of hydrogen-bond donors (Lipinski definition) is 0. The van der Waals surface area contributed by atoms with Gasteiger partial charge in [-0.1, -0.05) is 26.7 Å². The van der Waals surface area contributed by atoms with Crippen molar-refractivity contribution in [2.75, 3.05) is 6.54 Å². The van der Waals surface area contributed by atoms with Gasteiger partial charge in [-0.05, 0) is 44.4 Å². The van der Waals surface area contributed by atoms with E-state index in [0.717, 1.165) is 38.5 Å². The molecule has 0 bridgehead atoms. The van der Waals surface area contributed by atoms with Crippen LogP contribution in [0.5, 0.6) is 0 Å². The van der Waals surface area contributed by atoms with Gasteiger partial charge in [0.15, 0.2) is 0 Å². The Morgan fingerprint density at radius 3 is 2.23 bits per heavy atom. The largest absolute Gasteiger partial charge is 0.300 e. The van der Waals surface area contributed by atoms with Gasteiger partial charge in [-0.25, -0.2) is 0 Å². The lowest BCUT2D eigenvalue weighted by Crippen LogP contribution is -2.37. The Morgan fingerprint density at radius 2 is 1.73 bits per heavy atom. The van der Waals surface area contributed by atoms with E-state index < -0.39 is 0 Å². The van der Waals surface area contributed by atoms with Crippen molar-refractivity contribution in [1.82, 2.24) is 4.90 Å². The second-order valence-electron chi connectivity index (χ2n) is 7.06. The van der Waals surface area contributed by atoms with Crippen LogP contribution >= 0.6 is 0 Å². The molecule has 0 spiro atoms. The Labute approximate surface area is 133 Å². The molecule has 1 saturated carbocycles. The van der Waals surface area contributed by atoms with Crippen molar-refractivity contribution in [3.8, 4) is 0 Å². The molecule has 0 aromatic carbocycles. The molecule has 0 aromatic rings. The number of imide groups is 1. The zero-order valence-electron chi connectivity index (χ0n) is 14.1. The number of carbonyl (C=O) groups excluding carboxylic acids is 3. The first-order valence-electron chi connectivity index (χ1n) is 8.82. The van der Waals surface area contributed by atoms with E-state index in [1.54, 1.807) is 6.92 Å². The molecule has 0 radical (unpaired) electrons. The molecule has 0 N–H and O–H groups in total. The van der Waals surface area contributed by atoms with Gasteiger partial charge in [-0.2, -0.15) is 0 Å². The molecule has 22 heavy (non-hydrogen) atoms. The quantitative estimate of drug-likeness (QED) is 0.708. The molecule has 1 aliphatic heterocycles.